The van der Waals surface area contributed by atoms with Crippen molar-refractivity contribution in [1.29, 1.82) is 0 Å². The van der Waals surface area contributed by atoms with Gasteiger partial charge in [0.2, 0.25) is 0 Å². The van der Waals surface area contributed by atoms with Crippen LogP contribution in [-0.4, -0.2) is 90.7 Å². The standard InChI is InChI=1S/C42H48Cl2N8O5/c1-49-32-9-17-51(24-41-13-15-42(23-41,16-14-41)40(55)56)21-30(32)45-36(49)38(53)47-28-7-3-5-26(34(28)43)27-6-4-8-29(35(27)44)48-39(54)37-46-31-22-52(18-10-33(31)50(37)2)25-11-19-57-20-12-25/h3-8,25H,9-24H2,1-2H3,(H,47,53)(H,48,54)(H,55,56). The van der Waals surface area contributed by atoms with E-state index in [0.29, 0.717) is 63.3 Å². The second kappa shape index (κ2) is 14.8. The van der Waals surface area contributed by atoms with E-state index in [-0.39, 0.29) is 17.2 Å². The molecule has 3 aliphatic heterocycles. The van der Waals surface area contributed by atoms with Crippen LogP contribution in [-0.2, 0) is 49.6 Å². The highest BCUT2D eigenvalue weighted by molar-refractivity contribution is 6.40. The molecule has 300 valence electrons. The molecule has 0 radical (unpaired) electrons. The molecule has 2 aliphatic carbocycles. The summed E-state index contributed by atoms with van der Waals surface area (Å²) >= 11 is 14.0. The maximum Gasteiger partial charge on any atom is 0.309 e. The Morgan fingerprint density at radius 3 is 1.89 bits per heavy atom. The minimum atomic E-state index is -0.647. The van der Waals surface area contributed by atoms with E-state index in [0.717, 1.165) is 113 Å². The van der Waals surface area contributed by atoms with Gasteiger partial charge in [-0.25, -0.2) is 9.97 Å². The highest BCUT2D eigenvalue weighted by Gasteiger charge is 2.58. The molecule has 3 fully saturated rings. The zero-order valence-electron chi connectivity index (χ0n) is 32.4. The molecule has 0 atom stereocenters. The van der Waals surface area contributed by atoms with Crippen molar-refractivity contribution >= 4 is 52.4 Å². The summed E-state index contributed by atoms with van der Waals surface area (Å²) < 4.78 is 9.31. The largest absolute Gasteiger partial charge is 0.481 e. The number of aliphatic carboxylic acids is 1. The first kappa shape index (κ1) is 38.3. The summed E-state index contributed by atoms with van der Waals surface area (Å²) in [7, 11) is 3.75. The van der Waals surface area contributed by atoms with Crippen LogP contribution in [0, 0.1) is 10.8 Å². The number of fused-ring (bicyclic) bond motifs is 4. The van der Waals surface area contributed by atoms with E-state index in [4.69, 9.17) is 37.9 Å². The van der Waals surface area contributed by atoms with Crippen LogP contribution in [0.4, 0.5) is 11.4 Å². The number of amides is 2. The minimum absolute atomic E-state index is 0.0484. The van der Waals surface area contributed by atoms with Gasteiger partial charge in [0.05, 0.1) is 38.2 Å². The quantitative estimate of drug-likeness (QED) is 0.171. The molecule has 2 bridgehead atoms. The third-order valence-corrected chi connectivity index (χ3v) is 14.3. The molecule has 57 heavy (non-hydrogen) atoms. The third kappa shape index (κ3) is 6.84. The molecule has 2 saturated carbocycles. The van der Waals surface area contributed by atoms with Crippen LogP contribution in [0.15, 0.2) is 36.4 Å². The number of imidazole rings is 2. The molecule has 2 aromatic carbocycles. The Balaban J connectivity index is 0.881. The van der Waals surface area contributed by atoms with Gasteiger partial charge in [0.1, 0.15) is 0 Å². The summed E-state index contributed by atoms with van der Waals surface area (Å²) in [5.74, 6) is -0.756. The van der Waals surface area contributed by atoms with Crippen molar-refractivity contribution in [2.24, 2.45) is 24.9 Å². The van der Waals surface area contributed by atoms with E-state index in [9.17, 15) is 19.5 Å². The van der Waals surface area contributed by atoms with Crippen LogP contribution < -0.4 is 10.6 Å². The summed E-state index contributed by atoms with van der Waals surface area (Å²) in [6.07, 6.45) is 7.77. The summed E-state index contributed by atoms with van der Waals surface area (Å²) in [6.45, 7) is 5.51. The summed E-state index contributed by atoms with van der Waals surface area (Å²) in [5, 5.41) is 16.4. The molecule has 15 heteroatoms. The fourth-order valence-electron chi connectivity index (χ4n) is 10.4. The number of nitrogens with one attached hydrogen (secondary N) is 2. The maximum absolute atomic E-state index is 13.8. The number of halogens is 2. The van der Waals surface area contributed by atoms with Gasteiger partial charge in [-0.3, -0.25) is 24.2 Å². The number of carboxylic acid groups (broad SMARTS) is 1. The number of carboxylic acids is 1. The Hall–Kier alpha value is -4.27. The van der Waals surface area contributed by atoms with E-state index in [2.05, 4.69) is 20.4 Å². The summed E-state index contributed by atoms with van der Waals surface area (Å²) in [6, 6.07) is 11.2. The number of aromatic nitrogens is 4. The minimum Gasteiger partial charge on any atom is -0.481 e. The number of nitrogens with zero attached hydrogens (tertiary/aromatic N) is 6. The predicted octanol–water partition coefficient (Wildman–Crippen LogP) is 6.56. The van der Waals surface area contributed by atoms with Crippen LogP contribution in [0.3, 0.4) is 0 Å². The van der Waals surface area contributed by atoms with E-state index in [1.165, 1.54) is 0 Å². The topological polar surface area (TPSA) is 147 Å². The zero-order valence-corrected chi connectivity index (χ0v) is 33.9. The highest BCUT2D eigenvalue weighted by atomic mass is 35.5. The number of benzene rings is 2. The number of carbonyl (C=O) groups is 3. The average Bonchev–Trinajstić information content (AvgIpc) is 3.96. The first-order valence-corrected chi connectivity index (χ1v) is 20.8. The lowest BCUT2D eigenvalue weighted by molar-refractivity contribution is -0.148. The Kier molecular flexibility index (Phi) is 9.96. The zero-order chi connectivity index (χ0) is 39.6. The van der Waals surface area contributed by atoms with Gasteiger partial charge < -0.3 is 29.6 Å². The van der Waals surface area contributed by atoms with Crippen LogP contribution in [0.5, 0.6) is 0 Å². The van der Waals surface area contributed by atoms with Gasteiger partial charge in [0, 0.05) is 101 Å². The van der Waals surface area contributed by atoms with Gasteiger partial charge in [-0.15, -0.1) is 0 Å². The predicted molar refractivity (Wildman–Crippen MR) is 217 cm³/mol. The van der Waals surface area contributed by atoms with Crippen molar-refractivity contribution in [3.63, 3.8) is 0 Å². The Labute approximate surface area is 341 Å². The molecule has 5 heterocycles. The van der Waals surface area contributed by atoms with Crippen LogP contribution in [0.1, 0.15) is 89.0 Å². The lowest BCUT2D eigenvalue weighted by Gasteiger charge is -2.36. The van der Waals surface area contributed by atoms with Gasteiger partial charge in [-0.05, 0) is 62.5 Å². The van der Waals surface area contributed by atoms with E-state index >= 15 is 0 Å². The molecule has 3 N–H and O–H groups in total. The smallest absolute Gasteiger partial charge is 0.309 e. The summed E-state index contributed by atoms with van der Waals surface area (Å²) in [5.41, 5.74) is 5.42. The molecule has 4 aromatic rings. The Bertz CT molecular complexity index is 2270. The van der Waals surface area contributed by atoms with Crippen LogP contribution in [0.2, 0.25) is 10.0 Å². The number of hydrogen-bond acceptors (Lipinski definition) is 8. The normalized spacial score (nSPS) is 23.6. The fourth-order valence-corrected chi connectivity index (χ4v) is 10.9. The monoisotopic (exact) mass is 814 g/mol. The van der Waals surface area contributed by atoms with Crippen LogP contribution in [0.25, 0.3) is 11.1 Å². The molecule has 2 aromatic heterocycles. The van der Waals surface area contributed by atoms with Gasteiger partial charge in [-0.1, -0.05) is 47.5 Å². The summed E-state index contributed by atoms with van der Waals surface area (Å²) in [4.78, 5) is 53.9. The first-order valence-electron chi connectivity index (χ1n) is 20.0. The van der Waals surface area contributed by atoms with E-state index in [1.54, 1.807) is 24.3 Å². The molecule has 13 nitrogen and oxygen atoms in total. The molecule has 0 unspecified atom stereocenters. The fraction of sp³-hybridized carbons (Fsp3) is 0.500. The van der Waals surface area contributed by atoms with Crippen molar-refractivity contribution in [1.82, 2.24) is 28.9 Å². The molecule has 0 spiro atoms. The van der Waals surface area contributed by atoms with Gasteiger partial charge in [0.15, 0.2) is 11.6 Å². The van der Waals surface area contributed by atoms with Crippen molar-refractivity contribution in [2.75, 3.05) is 43.5 Å². The molecule has 5 aliphatic rings. The third-order valence-electron chi connectivity index (χ3n) is 13.5. The van der Waals surface area contributed by atoms with E-state index < -0.39 is 11.4 Å². The Morgan fingerprint density at radius 2 is 1.35 bits per heavy atom. The van der Waals surface area contributed by atoms with Crippen molar-refractivity contribution in [3.05, 3.63) is 80.9 Å². The Morgan fingerprint density at radius 1 is 0.807 bits per heavy atom. The second-order valence-corrected chi connectivity index (χ2v) is 17.6. The van der Waals surface area contributed by atoms with Gasteiger partial charge in [0.25, 0.3) is 11.8 Å². The SMILES string of the molecule is Cn1c(C(=O)Nc2cccc(-c3cccc(NC(=O)c4nc5c(n4C)CCN(C4CCOCC4)C5)c3Cl)c2Cl)nc2c1CCN(CC13CCC(C(=O)O)(CC1)C3)C2. The second-order valence-electron chi connectivity index (χ2n) is 16.8. The highest BCUT2D eigenvalue weighted by Crippen LogP contribution is 2.62. The number of carbonyl (C=O) groups excluding carboxylic acids is 2. The first-order chi connectivity index (χ1) is 27.4. The molecule has 9 rings (SSSR count). The van der Waals surface area contributed by atoms with E-state index in [1.807, 2.05) is 35.4 Å². The van der Waals surface area contributed by atoms with Crippen molar-refractivity contribution in [2.45, 2.75) is 76.9 Å². The van der Waals surface area contributed by atoms with Crippen molar-refractivity contribution < 1.29 is 24.2 Å². The number of hydrogen-bond donors (Lipinski definition) is 3. The van der Waals surface area contributed by atoms with Crippen molar-refractivity contribution in [3.8, 4) is 11.1 Å². The maximum atomic E-state index is 13.8. The number of rotatable bonds is 9. The molecular weight excluding hydrogens is 767 g/mol. The molecule has 1 saturated heterocycles. The van der Waals surface area contributed by atoms with Gasteiger partial charge >= 0.3 is 5.97 Å². The molecular formula is C42H48Cl2N8O5. The van der Waals surface area contributed by atoms with Gasteiger partial charge in [-0.2, -0.15) is 0 Å². The lowest BCUT2D eigenvalue weighted by atomic mass is 9.81. The average molecular weight is 816 g/mol. The number of anilines is 2. The van der Waals surface area contributed by atoms with Crippen LogP contribution >= 0.6 is 23.2 Å². The lowest BCUT2D eigenvalue weighted by Crippen LogP contribution is -2.42. The number of ether oxygens (including phenoxy) is 1. The molecule has 2 amide bonds.